The van der Waals surface area contributed by atoms with Crippen LogP contribution in [0.5, 0.6) is 0 Å². The molecule has 0 saturated heterocycles. The molecular formula is C8H10N4. The van der Waals surface area contributed by atoms with Crippen LogP contribution in [0.4, 0.5) is 5.69 Å². The number of rotatable bonds is 1. The van der Waals surface area contributed by atoms with Crippen molar-refractivity contribution in [2.75, 3.05) is 5.73 Å². The summed E-state index contributed by atoms with van der Waals surface area (Å²) in [7, 11) is 0. The second kappa shape index (κ2) is 2.48. The Morgan fingerprint density at radius 1 is 1.50 bits per heavy atom. The number of aryl methyl sites for hydroxylation is 1. The molecular weight excluding hydrogens is 152 g/mol. The van der Waals surface area contributed by atoms with E-state index in [-0.39, 0.29) is 0 Å². The van der Waals surface area contributed by atoms with Gasteiger partial charge >= 0.3 is 0 Å². The summed E-state index contributed by atoms with van der Waals surface area (Å²) in [6, 6.07) is 0. The summed E-state index contributed by atoms with van der Waals surface area (Å²) in [6.07, 6.45) is 4.28. The van der Waals surface area contributed by atoms with Gasteiger partial charge in [-0.1, -0.05) is 6.92 Å². The predicted molar refractivity (Wildman–Crippen MR) is 47.7 cm³/mol. The average Bonchev–Trinajstić information content (AvgIpc) is 2.52. The second-order valence-electron chi connectivity index (χ2n) is 2.68. The quantitative estimate of drug-likeness (QED) is 0.659. The van der Waals surface area contributed by atoms with Crippen LogP contribution >= 0.6 is 0 Å². The van der Waals surface area contributed by atoms with Gasteiger partial charge in [-0.15, -0.1) is 0 Å². The van der Waals surface area contributed by atoms with E-state index < -0.39 is 0 Å². The summed E-state index contributed by atoms with van der Waals surface area (Å²) < 4.78 is 0. The van der Waals surface area contributed by atoms with Crippen LogP contribution < -0.4 is 5.73 Å². The lowest BCUT2D eigenvalue weighted by atomic mass is 10.1. The molecule has 0 aliphatic heterocycles. The Hall–Kier alpha value is -1.58. The van der Waals surface area contributed by atoms with Crippen molar-refractivity contribution in [1.29, 1.82) is 0 Å². The fraction of sp³-hybridized carbons (Fsp3) is 0.250. The van der Waals surface area contributed by atoms with Gasteiger partial charge in [-0.25, -0.2) is 0 Å². The molecule has 0 aliphatic carbocycles. The molecule has 2 heterocycles. The highest BCUT2D eigenvalue weighted by atomic mass is 15.1. The first-order valence-electron chi connectivity index (χ1n) is 3.89. The van der Waals surface area contributed by atoms with E-state index in [4.69, 9.17) is 5.73 Å². The third-order valence-corrected chi connectivity index (χ3v) is 1.97. The molecule has 2 rings (SSSR count). The van der Waals surface area contributed by atoms with Crippen molar-refractivity contribution >= 4 is 16.7 Å². The first-order chi connectivity index (χ1) is 5.83. The van der Waals surface area contributed by atoms with Gasteiger partial charge in [-0.2, -0.15) is 5.10 Å². The van der Waals surface area contributed by atoms with E-state index in [9.17, 15) is 0 Å². The Morgan fingerprint density at radius 2 is 2.33 bits per heavy atom. The van der Waals surface area contributed by atoms with Crippen molar-refractivity contribution in [3.63, 3.8) is 0 Å². The number of H-pyrrole nitrogens is 1. The molecule has 2 aromatic rings. The van der Waals surface area contributed by atoms with Crippen LogP contribution in [0.2, 0.25) is 0 Å². The van der Waals surface area contributed by atoms with Crippen LogP contribution in [0.1, 0.15) is 12.5 Å². The second-order valence-corrected chi connectivity index (χ2v) is 2.68. The van der Waals surface area contributed by atoms with Crippen LogP contribution in [0.3, 0.4) is 0 Å². The third kappa shape index (κ3) is 0.845. The number of nitrogens with two attached hydrogens (primary N) is 1. The molecule has 0 aliphatic rings. The summed E-state index contributed by atoms with van der Waals surface area (Å²) in [5.74, 6) is 0. The van der Waals surface area contributed by atoms with E-state index >= 15 is 0 Å². The maximum Gasteiger partial charge on any atom is 0.108 e. The lowest BCUT2D eigenvalue weighted by Gasteiger charge is -2.01. The highest BCUT2D eigenvalue weighted by Gasteiger charge is 2.05. The maximum atomic E-state index is 5.75. The molecule has 0 saturated carbocycles. The predicted octanol–water partition coefficient (Wildman–Crippen LogP) is 1.10. The lowest BCUT2D eigenvalue weighted by molar-refractivity contribution is 1.09. The molecule has 0 radical (unpaired) electrons. The lowest BCUT2D eigenvalue weighted by Crippen LogP contribution is -1.95. The van der Waals surface area contributed by atoms with Crippen molar-refractivity contribution in [2.45, 2.75) is 13.3 Å². The summed E-state index contributed by atoms with van der Waals surface area (Å²) in [5, 5.41) is 6.80. The van der Waals surface area contributed by atoms with Gasteiger partial charge in [0.05, 0.1) is 23.6 Å². The van der Waals surface area contributed by atoms with Crippen molar-refractivity contribution in [2.24, 2.45) is 0 Å². The van der Waals surface area contributed by atoms with Crippen LogP contribution in [-0.4, -0.2) is 15.2 Å². The Balaban J connectivity index is 2.83. The average molecular weight is 162 g/mol. The monoisotopic (exact) mass is 162 g/mol. The molecule has 12 heavy (non-hydrogen) atoms. The number of aromatic nitrogens is 3. The standard InChI is InChI=1S/C8H10N4/c1-2-5-6(9)3-10-7-4-11-12-8(5)7/h3-4H,2,9H2,1H3,(H,11,12). The molecule has 4 heteroatoms. The van der Waals surface area contributed by atoms with Gasteiger partial charge in [0, 0.05) is 5.56 Å². The van der Waals surface area contributed by atoms with Crippen LogP contribution in [0, 0.1) is 0 Å². The first kappa shape index (κ1) is 7.09. The van der Waals surface area contributed by atoms with E-state index in [0.29, 0.717) is 0 Å². The zero-order chi connectivity index (χ0) is 8.55. The molecule has 3 N–H and O–H groups in total. The minimum atomic E-state index is 0.731. The molecule has 0 amide bonds. The zero-order valence-electron chi connectivity index (χ0n) is 6.83. The minimum absolute atomic E-state index is 0.731. The third-order valence-electron chi connectivity index (χ3n) is 1.97. The van der Waals surface area contributed by atoms with Gasteiger partial charge < -0.3 is 5.73 Å². The van der Waals surface area contributed by atoms with Gasteiger partial charge in [-0.05, 0) is 6.42 Å². The normalized spacial score (nSPS) is 10.8. The topological polar surface area (TPSA) is 67.6 Å². The van der Waals surface area contributed by atoms with Crippen molar-refractivity contribution in [1.82, 2.24) is 15.2 Å². The minimum Gasteiger partial charge on any atom is -0.397 e. The zero-order valence-corrected chi connectivity index (χ0v) is 6.83. The van der Waals surface area contributed by atoms with Crippen LogP contribution in [-0.2, 0) is 6.42 Å². The number of nitrogens with zero attached hydrogens (tertiary/aromatic N) is 2. The van der Waals surface area contributed by atoms with E-state index in [2.05, 4.69) is 22.1 Å². The Bertz CT molecular complexity index is 404. The number of aromatic amines is 1. The largest absolute Gasteiger partial charge is 0.397 e. The van der Waals surface area contributed by atoms with Gasteiger partial charge in [0.25, 0.3) is 0 Å². The van der Waals surface area contributed by atoms with E-state index in [1.165, 1.54) is 0 Å². The molecule has 0 bridgehead atoms. The molecule has 62 valence electrons. The molecule has 0 fully saturated rings. The Kier molecular flexibility index (Phi) is 1.46. The molecule has 0 spiro atoms. The van der Waals surface area contributed by atoms with Gasteiger partial charge in [0.1, 0.15) is 5.52 Å². The Morgan fingerprint density at radius 3 is 3.08 bits per heavy atom. The fourth-order valence-corrected chi connectivity index (χ4v) is 1.34. The molecule has 0 aromatic carbocycles. The first-order valence-corrected chi connectivity index (χ1v) is 3.89. The molecule has 4 nitrogen and oxygen atoms in total. The van der Waals surface area contributed by atoms with E-state index in [1.54, 1.807) is 12.4 Å². The van der Waals surface area contributed by atoms with Crippen LogP contribution in [0.25, 0.3) is 11.0 Å². The molecule has 0 unspecified atom stereocenters. The van der Waals surface area contributed by atoms with Crippen molar-refractivity contribution in [3.8, 4) is 0 Å². The fourth-order valence-electron chi connectivity index (χ4n) is 1.34. The van der Waals surface area contributed by atoms with Gasteiger partial charge in [0.2, 0.25) is 0 Å². The molecule has 2 aromatic heterocycles. The van der Waals surface area contributed by atoms with Crippen molar-refractivity contribution < 1.29 is 0 Å². The highest BCUT2D eigenvalue weighted by Crippen LogP contribution is 2.19. The number of anilines is 1. The number of hydrogen-bond donors (Lipinski definition) is 2. The summed E-state index contributed by atoms with van der Waals surface area (Å²) in [4.78, 5) is 4.13. The van der Waals surface area contributed by atoms with Gasteiger partial charge in [-0.3, -0.25) is 10.1 Å². The summed E-state index contributed by atoms with van der Waals surface area (Å²) >= 11 is 0. The molecule has 0 atom stereocenters. The smallest absolute Gasteiger partial charge is 0.108 e. The maximum absolute atomic E-state index is 5.75. The Labute approximate surface area is 69.8 Å². The summed E-state index contributed by atoms with van der Waals surface area (Å²) in [5.41, 5.74) is 9.40. The number of nitrogen functional groups attached to an aromatic ring is 1. The van der Waals surface area contributed by atoms with Gasteiger partial charge in [0.15, 0.2) is 0 Å². The van der Waals surface area contributed by atoms with Crippen LogP contribution in [0.15, 0.2) is 12.4 Å². The highest BCUT2D eigenvalue weighted by molar-refractivity contribution is 5.81. The number of fused-ring (bicyclic) bond motifs is 1. The number of pyridine rings is 1. The number of hydrogen-bond acceptors (Lipinski definition) is 3. The van der Waals surface area contributed by atoms with Crippen molar-refractivity contribution in [3.05, 3.63) is 18.0 Å². The van der Waals surface area contributed by atoms with E-state index in [1.807, 2.05) is 0 Å². The summed E-state index contributed by atoms with van der Waals surface area (Å²) in [6.45, 7) is 2.06. The van der Waals surface area contributed by atoms with E-state index in [0.717, 1.165) is 28.7 Å². The number of nitrogens with one attached hydrogen (secondary N) is 1. The SMILES string of the molecule is CCc1c(N)cnc2cn[nH]c12.